The number of benzene rings is 7. The Hall–Kier alpha value is -6.72. The summed E-state index contributed by atoms with van der Waals surface area (Å²) in [5, 5.41) is 3.59. The first kappa shape index (κ1) is 33.1. The molecule has 0 aliphatic carbocycles. The van der Waals surface area contributed by atoms with Crippen LogP contribution >= 0.6 is 0 Å². The zero-order valence-corrected chi connectivity index (χ0v) is 30.5. The molecule has 0 amide bonds. The van der Waals surface area contributed by atoms with Gasteiger partial charge in [0.25, 0.3) is 0 Å². The molecule has 0 fully saturated rings. The van der Waals surface area contributed by atoms with Crippen molar-refractivity contribution in [1.29, 1.82) is 0 Å². The van der Waals surface area contributed by atoms with Gasteiger partial charge < -0.3 is 15.1 Å². The molecule has 54 heavy (non-hydrogen) atoms. The minimum atomic E-state index is -0.230. The minimum absolute atomic E-state index is 0.230. The van der Waals surface area contributed by atoms with Crippen molar-refractivity contribution >= 4 is 28.7 Å². The van der Waals surface area contributed by atoms with Gasteiger partial charge in [0.05, 0.1) is 11.4 Å². The lowest BCUT2D eigenvalue weighted by molar-refractivity contribution is 0.647. The van der Waals surface area contributed by atoms with E-state index in [4.69, 9.17) is 9.98 Å². The molecule has 2 unspecified atom stereocenters. The van der Waals surface area contributed by atoms with Gasteiger partial charge in [0, 0.05) is 23.9 Å². The largest absolute Gasteiger partial charge is 0.352 e. The number of amidine groups is 2. The van der Waals surface area contributed by atoms with Gasteiger partial charge >= 0.3 is 0 Å². The summed E-state index contributed by atoms with van der Waals surface area (Å²) in [6.45, 7) is 2.26. The molecule has 0 saturated carbocycles. The summed E-state index contributed by atoms with van der Waals surface area (Å²) in [4.78, 5) is 14.9. The van der Waals surface area contributed by atoms with Crippen molar-refractivity contribution in [3.05, 3.63) is 199 Å². The van der Waals surface area contributed by atoms with Crippen molar-refractivity contribution in [2.45, 2.75) is 25.7 Å². The van der Waals surface area contributed by atoms with Crippen molar-refractivity contribution in [3.63, 3.8) is 0 Å². The molecule has 0 spiro atoms. The molecule has 7 aromatic carbocycles. The Labute approximate surface area is 317 Å². The Kier molecular flexibility index (Phi) is 8.81. The molecule has 5 heteroatoms. The minimum Gasteiger partial charge on any atom is -0.352 e. The fraction of sp³-hybridized carbons (Fsp3) is 0.102. The maximum atomic E-state index is 5.00. The summed E-state index contributed by atoms with van der Waals surface area (Å²) in [5.74, 6) is 1.53. The van der Waals surface area contributed by atoms with Crippen LogP contribution in [-0.2, 0) is 0 Å². The molecule has 1 N–H and O–H groups in total. The van der Waals surface area contributed by atoms with Gasteiger partial charge in [-0.2, -0.15) is 0 Å². The van der Waals surface area contributed by atoms with E-state index < -0.39 is 0 Å². The molecule has 9 rings (SSSR count). The monoisotopic (exact) mass is 699 g/mol. The summed E-state index contributed by atoms with van der Waals surface area (Å²) in [6.07, 6.45) is 1.08. The number of nitrogens with zero attached hydrogens (tertiary/aromatic N) is 4. The van der Waals surface area contributed by atoms with Crippen molar-refractivity contribution in [1.82, 2.24) is 5.32 Å². The quantitative estimate of drug-likeness (QED) is 0.172. The molecule has 0 saturated heterocycles. The third-order valence-corrected chi connectivity index (χ3v) is 10.6. The van der Waals surface area contributed by atoms with Crippen LogP contribution in [0.25, 0.3) is 33.4 Å². The maximum Gasteiger partial charge on any atom is 0.159 e. The van der Waals surface area contributed by atoms with Gasteiger partial charge in [-0.05, 0) is 69.6 Å². The highest BCUT2D eigenvalue weighted by Gasteiger charge is 2.33. The molecule has 2 atom stereocenters. The number of nitrogens with one attached hydrogen (secondary N) is 1. The van der Waals surface area contributed by atoms with Crippen molar-refractivity contribution in [2.24, 2.45) is 9.98 Å². The van der Waals surface area contributed by atoms with E-state index in [0.717, 1.165) is 40.3 Å². The summed E-state index contributed by atoms with van der Waals surface area (Å²) in [7, 11) is 2.20. The molecule has 262 valence electrons. The molecule has 2 aliphatic rings. The van der Waals surface area contributed by atoms with Gasteiger partial charge in [-0.25, -0.2) is 9.98 Å². The molecule has 7 aromatic rings. The number of rotatable bonds is 8. The third kappa shape index (κ3) is 6.24. The van der Waals surface area contributed by atoms with E-state index in [1.54, 1.807) is 0 Å². The second-order valence-electron chi connectivity index (χ2n) is 13.8. The topological polar surface area (TPSA) is 43.2 Å². The smallest absolute Gasteiger partial charge is 0.159 e. The highest BCUT2D eigenvalue weighted by atomic mass is 15.4. The van der Waals surface area contributed by atoms with Gasteiger partial charge in [-0.1, -0.05) is 165 Å². The van der Waals surface area contributed by atoms with Gasteiger partial charge in [-0.15, -0.1) is 0 Å². The van der Waals surface area contributed by atoms with Crippen molar-refractivity contribution in [3.8, 4) is 33.4 Å². The van der Waals surface area contributed by atoms with Crippen molar-refractivity contribution < 1.29 is 0 Å². The van der Waals surface area contributed by atoms with E-state index in [9.17, 15) is 0 Å². The van der Waals surface area contributed by atoms with Crippen LogP contribution in [0.2, 0.25) is 0 Å². The summed E-state index contributed by atoms with van der Waals surface area (Å²) >= 11 is 0. The van der Waals surface area contributed by atoms with Crippen LogP contribution in [0.3, 0.4) is 0 Å². The molecular weight excluding hydrogens is 659 g/mol. The van der Waals surface area contributed by atoms with Crippen LogP contribution in [0.1, 0.15) is 36.2 Å². The fourth-order valence-corrected chi connectivity index (χ4v) is 7.82. The molecule has 0 radical (unpaired) electrons. The lowest BCUT2D eigenvalue weighted by Gasteiger charge is -2.30. The number of anilines is 3. The summed E-state index contributed by atoms with van der Waals surface area (Å²) < 4.78 is 0. The van der Waals surface area contributed by atoms with E-state index in [1.807, 2.05) is 36.4 Å². The molecule has 0 aromatic heterocycles. The average Bonchev–Trinajstić information content (AvgIpc) is 3.55. The van der Waals surface area contributed by atoms with Crippen LogP contribution in [0.4, 0.5) is 17.1 Å². The fourth-order valence-electron chi connectivity index (χ4n) is 7.82. The highest BCUT2D eigenvalue weighted by Crippen LogP contribution is 2.45. The van der Waals surface area contributed by atoms with E-state index in [1.165, 1.54) is 44.9 Å². The molecular formula is C49H41N5. The summed E-state index contributed by atoms with van der Waals surface area (Å²) in [6, 6.07) is 64.5. The zero-order valence-electron chi connectivity index (χ0n) is 30.5. The zero-order chi connectivity index (χ0) is 36.4. The molecule has 0 bridgehead atoms. The maximum absolute atomic E-state index is 5.00. The number of aliphatic imine (C=N–C) groups is 2. The Morgan fingerprint density at radius 3 is 1.74 bits per heavy atom. The first-order valence-electron chi connectivity index (χ1n) is 18.7. The predicted octanol–water partition coefficient (Wildman–Crippen LogP) is 11.5. The Bertz CT molecular complexity index is 2470. The number of hydrogen-bond donors (Lipinski definition) is 1. The Morgan fingerprint density at radius 1 is 0.519 bits per heavy atom. The standard InChI is InChI=1S/C49H41N5/c1-3-46-53(2)44-23-12-13-24-45(44)54(46)41-20-14-19-40(33-41)34-25-27-35(28-26-34)42-21-10-11-22-43(42)36-29-31-39(32-30-36)49-51-47(37-15-6-4-7-16-37)50-48(52-49)38-17-8-5-9-18-38/h4-33,46-47H,3H2,1-2H3,(H,50,51,52). The van der Waals surface area contributed by atoms with Crippen LogP contribution in [-0.4, -0.2) is 24.9 Å². The highest BCUT2D eigenvalue weighted by molar-refractivity contribution is 6.13. The Morgan fingerprint density at radius 2 is 1.07 bits per heavy atom. The third-order valence-electron chi connectivity index (χ3n) is 10.6. The molecule has 5 nitrogen and oxygen atoms in total. The molecule has 2 aliphatic heterocycles. The lowest BCUT2D eigenvalue weighted by Crippen LogP contribution is -2.37. The SMILES string of the molecule is CCC1N(C)c2ccccc2N1c1cccc(-c2ccc(-c3ccccc3-c3ccc(C4=NC(c5ccccc5)=NC(c5ccccc5)N4)cc3)cc2)c1. The van der Waals surface area contributed by atoms with E-state index in [2.05, 4.69) is 175 Å². The molecule has 2 heterocycles. The van der Waals surface area contributed by atoms with Crippen LogP contribution in [0, 0.1) is 0 Å². The first-order chi connectivity index (χ1) is 26.6. The van der Waals surface area contributed by atoms with Crippen LogP contribution < -0.4 is 15.1 Å². The lowest BCUT2D eigenvalue weighted by atomic mass is 9.93. The van der Waals surface area contributed by atoms with Crippen LogP contribution in [0.5, 0.6) is 0 Å². The normalized spacial score (nSPS) is 16.3. The van der Waals surface area contributed by atoms with Crippen molar-refractivity contribution in [2.75, 3.05) is 16.8 Å². The van der Waals surface area contributed by atoms with Gasteiger partial charge in [0.2, 0.25) is 0 Å². The number of hydrogen-bond acceptors (Lipinski definition) is 5. The average molecular weight is 700 g/mol. The predicted molar refractivity (Wildman–Crippen MR) is 226 cm³/mol. The Balaban J connectivity index is 0.987. The van der Waals surface area contributed by atoms with Gasteiger partial charge in [-0.3, -0.25) is 0 Å². The van der Waals surface area contributed by atoms with Gasteiger partial charge in [0.1, 0.15) is 18.2 Å². The van der Waals surface area contributed by atoms with Gasteiger partial charge in [0.15, 0.2) is 5.84 Å². The number of fused-ring (bicyclic) bond motifs is 1. The van der Waals surface area contributed by atoms with E-state index in [-0.39, 0.29) is 12.3 Å². The second kappa shape index (κ2) is 14.4. The first-order valence-corrected chi connectivity index (χ1v) is 18.7. The summed E-state index contributed by atoms with van der Waals surface area (Å²) in [5.41, 5.74) is 14.0. The second-order valence-corrected chi connectivity index (χ2v) is 13.8. The van der Waals surface area contributed by atoms with E-state index in [0.29, 0.717) is 0 Å². The van der Waals surface area contributed by atoms with Crippen LogP contribution in [0.15, 0.2) is 192 Å². The van der Waals surface area contributed by atoms with E-state index >= 15 is 0 Å². The number of para-hydroxylation sites is 2.